The molecule has 12 heteroatoms. The first-order chi connectivity index (χ1) is 13.4. The molecule has 0 saturated heterocycles. The highest BCUT2D eigenvalue weighted by Gasteiger charge is 2.27. The van der Waals surface area contributed by atoms with Gasteiger partial charge < -0.3 is 29.5 Å². The third kappa shape index (κ3) is 6.98. The first kappa shape index (κ1) is 23.7. The van der Waals surface area contributed by atoms with Gasteiger partial charge in [-0.15, -0.1) is 0 Å². The standard InChI is InChI=1S/C17H30N5O6P/c1-11(2)28-29(24,25)26-8-12(6-17(3,4)5)27-13(7-23)22-10-21-14-15(18)19-9-20-16(14)22/h9-13,23H,6-8H2,1-5H3,(H,24,25)(H2,18,19,20)/p-1/t12-,13-/m1/s1. The second-order valence-electron chi connectivity index (χ2n) is 8.14. The number of fused-ring (bicyclic) bond motifs is 1. The third-order valence-electron chi connectivity index (χ3n) is 3.80. The molecule has 2 rings (SSSR count). The van der Waals surface area contributed by atoms with E-state index in [0.717, 1.165) is 0 Å². The monoisotopic (exact) mass is 430 g/mol. The van der Waals surface area contributed by atoms with E-state index in [9.17, 15) is 14.6 Å². The molecule has 2 aromatic rings. The minimum Gasteiger partial charge on any atom is -0.756 e. The fourth-order valence-electron chi connectivity index (χ4n) is 2.79. The van der Waals surface area contributed by atoms with Gasteiger partial charge in [-0.3, -0.25) is 9.13 Å². The second kappa shape index (κ2) is 9.46. The average Bonchev–Trinajstić information content (AvgIpc) is 3.00. The molecule has 0 amide bonds. The number of imidazole rings is 1. The number of phosphoric acid groups is 1. The lowest BCUT2D eigenvalue weighted by molar-refractivity contribution is -0.232. The zero-order valence-electron chi connectivity index (χ0n) is 17.3. The van der Waals surface area contributed by atoms with Crippen LogP contribution in [0.15, 0.2) is 12.7 Å². The minimum atomic E-state index is -4.47. The van der Waals surface area contributed by atoms with Crippen molar-refractivity contribution in [3.05, 3.63) is 12.7 Å². The molecule has 29 heavy (non-hydrogen) atoms. The Labute approximate surface area is 169 Å². The molecule has 3 N–H and O–H groups in total. The van der Waals surface area contributed by atoms with Gasteiger partial charge in [0.2, 0.25) is 0 Å². The van der Waals surface area contributed by atoms with Crippen molar-refractivity contribution in [2.24, 2.45) is 5.41 Å². The van der Waals surface area contributed by atoms with E-state index in [1.165, 1.54) is 17.2 Å². The molecule has 0 saturated carbocycles. The van der Waals surface area contributed by atoms with Gasteiger partial charge in [0.15, 0.2) is 17.7 Å². The van der Waals surface area contributed by atoms with Gasteiger partial charge in [-0.1, -0.05) is 20.8 Å². The lowest BCUT2D eigenvalue weighted by Gasteiger charge is -2.32. The van der Waals surface area contributed by atoms with Crippen LogP contribution in [0.2, 0.25) is 0 Å². The molecule has 2 heterocycles. The largest absolute Gasteiger partial charge is 0.756 e. The topological polar surface area (TPSA) is 158 Å². The number of ether oxygens (including phenoxy) is 1. The molecule has 0 aromatic carbocycles. The lowest BCUT2D eigenvalue weighted by atomic mass is 9.89. The van der Waals surface area contributed by atoms with Crippen LogP contribution in [0, 0.1) is 5.41 Å². The highest BCUT2D eigenvalue weighted by molar-refractivity contribution is 7.45. The van der Waals surface area contributed by atoms with Crippen molar-refractivity contribution in [1.82, 2.24) is 19.5 Å². The molecule has 2 aromatic heterocycles. The molecule has 0 aliphatic rings. The average molecular weight is 430 g/mol. The van der Waals surface area contributed by atoms with E-state index in [1.54, 1.807) is 13.8 Å². The van der Waals surface area contributed by atoms with Crippen LogP contribution in [-0.4, -0.2) is 50.0 Å². The predicted octanol–water partition coefficient (Wildman–Crippen LogP) is 1.63. The third-order valence-corrected chi connectivity index (χ3v) is 4.95. The van der Waals surface area contributed by atoms with Crippen LogP contribution < -0.4 is 10.6 Å². The Morgan fingerprint density at radius 1 is 1.31 bits per heavy atom. The number of hydrogen-bond donors (Lipinski definition) is 2. The molecule has 164 valence electrons. The Morgan fingerprint density at radius 3 is 2.59 bits per heavy atom. The van der Waals surface area contributed by atoms with Crippen LogP contribution in [0.4, 0.5) is 5.82 Å². The smallest absolute Gasteiger partial charge is 0.268 e. The molecule has 11 nitrogen and oxygen atoms in total. The first-order valence-electron chi connectivity index (χ1n) is 9.25. The van der Waals surface area contributed by atoms with Crippen molar-refractivity contribution in [1.29, 1.82) is 0 Å². The summed E-state index contributed by atoms with van der Waals surface area (Å²) >= 11 is 0. The number of anilines is 1. The fraction of sp³-hybridized carbons (Fsp3) is 0.706. The molecule has 3 atom stereocenters. The van der Waals surface area contributed by atoms with E-state index in [2.05, 4.69) is 15.0 Å². The van der Waals surface area contributed by atoms with Crippen LogP contribution >= 0.6 is 7.82 Å². The maximum atomic E-state index is 11.9. The van der Waals surface area contributed by atoms with Gasteiger partial charge in [-0.2, -0.15) is 0 Å². The molecule has 0 spiro atoms. The number of nitrogens with two attached hydrogens (primary N) is 1. The van der Waals surface area contributed by atoms with E-state index >= 15 is 0 Å². The fourth-order valence-corrected chi connectivity index (χ4v) is 3.72. The number of rotatable bonds is 10. The van der Waals surface area contributed by atoms with Gasteiger partial charge in [0.05, 0.1) is 31.7 Å². The van der Waals surface area contributed by atoms with Gasteiger partial charge in [0, 0.05) is 0 Å². The molecular formula is C17H29N5O6P-. The predicted molar refractivity (Wildman–Crippen MR) is 105 cm³/mol. The number of aliphatic hydroxyl groups excluding tert-OH is 1. The van der Waals surface area contributed by atoms with Crippen molar-refractivity contribution in [2.75, 3.05) is 18.9 Å². The molecule has 1 unspecified atom stereocenters. The second-order valence-corrected chi connectivity index (χ2v) is 9.50. The number of aromatic nitrogens is 4. The summed E-state index contributed by atoms with van der Waals surface area (Å²) in [6.07, 6.45) is 1.13. The van der Waals surface area contributed by atoms with Crippen LogP contribution in [0.25, 0.3) is 11.2 Å². The molecule has 0 bridgehead atoms. The van der Waals surface area contributed by atoms with Crippen molar-refractivity contribution < 1.29 is 28.3 Å². The van der Waals surface area contributed by atoms with Crippen LogP contribution in [0.1, 0.15) is 47.3 Å². The number of phosphoric ester groups is 1. The Balaban J connectivity index is 2.21. The quantitative estimate of drug-likeness (QED) is 0.531. The Kier molecular flexibility index (Phi) is 7.72. The van der Waals surface area contributed by atoms with Crippen molar-refractivity contribution in [3.8, 4) is 0 Å². The van der Waals surface area contributed by atoms with Crippen LogP contribution in [-0.2, 0) is 18.3 Å². The van der Waals surface area contributed by atoms with Gasteiger partial charge in [0.25, 0.3) is 7.82 Å². The maximum absolute atomic E-state index is 11.9. The zero-order valence-corrected chi connectivity index (χ0v) is 18.2. The summed E-state index contributed by atoms with van der Waals surface area (Å²) < 4.78 is 29.3. The van der Waals surface area contributed by atoms with E-state index < -0.39 is 32.9 Å². The SMILES string of the molecule is CC(C)OP(=O)([O-])OC[C@@H](CC(C)(C)C)O[C@H](CO)n1cnc2c(N)ncnc21. The summed E-state index contributed by atoms with van der Waals surface area (Å²) in [5.41, 5.74) is 6.39. The number of aliphatic hydroxyl groups is 1. The normalized spacial score (nSPS) is 16.8. The number of nitrogen functional groups attached to an aromatic ring is 1. The van der Waals surface area contributed by atoms with Gasteiger partial charge in [-0.25, -0.2) is 15.0 Å². The highest BCUT2D eigenvalue weighted by atomic mass is 31.2. The molecule has 0 aliphatic heterocycles. The van der Waals surface area contributed by atoms with Crippen LogP contribution in [0.3, 0.4) is 0 Å². The maximum Gasteiger partial charge on any atom is 0.268 e. The summed E-state index contributed by atoms with van der Waals surface area (Å²) in [5.74, 6) is 0.207. The number of nitrogens with zero attached hydrogens (tertiary/aromatic N) is 4. The minimum absolute atomic E-state index is 0.191. The van der Waals surface area contributed by atoms with E-state index in [1.807, 2.05) is 20.8 Å². The molecular weight excluding hydrogens is 401 g/mol. The van der Waals surface area contributed by atoms with E-state index in [0.29, 0.717) is 17.6 Å². The lowest BCUT2D eigenvalue weighted by Crippen LogP contribution is -2.31. The van der Waals surface area contributed by atoms with Crippen molar-refractivity contribution >= 4 is 24.8 Å². The first-order valence-corrected chi connectivity index (χ1v) is 10.7. The van der Waals surface area contributed by atoms with Crippen LogP contribution in [0.5, 0.6) is 0 Å². The van der Waals surface area contributed by atoms with E-state index in [-0.39, 0.29) is 17.8 Å². The van der Waals surface area contributed by atoms with E-state index in [4.69, 9.17) is 19.5 Å². The Bertz CT molecular complexity index is 852. The van der Waals surface area contributed by atoms with Crippen molar-refractivity contribution in [2.45, 2.75) is 59.5 Å². The molecule has 0 radical (unpaired) electrons. The molecule has 0 fully saturated rings. The Morgan fingerprint density at radius 2 is 2.00 bits per heavy atom. The van der Waals surface area contributed by atoms with Gasteiger partial charge in [0.1, 0.15) is 11.8 Å². The summed E-state index contributed by atoms with van der Waals surface area (Å²) in [5, 5.41) is 9.89. The van der Waals surface area contributed by atoms with Gasteiger partial charge >= 0.3 is 0 Å². The summed E-state index contributed by atoms with van der Waals surface area (Å²) in [6.45, 7) is 8.49. The highest BCUT2D eigenvalue weighted by Crippen LogP contribution is 2.40. The summed E-state index contributed by atoms with van der Waals surface area (Å²) in [6, 6.07) is 0. The summed E-state index contributed by atoms with van der Waals surface area (Å²) in [4.78, 5) is 24.1. The van der Waals surface area contributed by atoms with Crippen molar-refractivity contribution in [3.63, 3.8) is 0 Å². The summed E-state index contributed by atoms with van der Waals surface area (Å²) in [7, 11) is -4.47. The number of hydrogen-bond acceptors (Lipinski definition) is 10. The van der Waals surface area contributed by atoms with Gasteiger partial charge in [-0.05, 0) is 25.7 Å². The Hall–Kier alpha value is -1.62. The molecule has 0 aliphatic carbocycles. The zero-order chi connectivity index (χ0) is 21.8.